The summed E-state index contributed by atoms with van der Waals surface area (Å²) in [6, 6.07) is 21.8. The second-order valence-corrected chi connectivity index (χ2v) is 10.6. The lowest BCUT2D eigenvalue weighted by Gasteiger charge is -2.10. The first-order valence-electron chi connectivity index (χ1n) is 11.7. The second-order valence-electron chi connectivity index (χ2n) is 8.63. The van der Waals surface area contributed by atoms with Crippen LogP contribution in [0.3, 0.4) is 0 Å². The van der Waals surface area contributed by atoms with Crippen LogP contribution < -0.4 is 10.6 Å². The highest BCUT2D eigenvalue weighted by molar-refractivity contribution is 7.90. The molecule has 11 heteroatoms. The van der Waals surface area contributed by atoms with Gasteiger partial charge in [0, 0.05) is 24.1 Å². The van der Waals surface area contributed by atoms with Gasteiger partial charge in [0.25, 0.3) is 0 Å². The van der Waals surface area contributed by atoms with E-state index < -0.39 is 27.6 Å². The number of rotatable bonds is 8. The average molecular weight is 543 g/mol. The third-order valence-electron chi connectivity index (χ3n) is 5.68. The molecule has 1 heterocycles. The first kappa shape index (κ1) is 26.9. The van der Waals surface area contributed by atoms with Crippen molar-refractivity contribution in [3.63, 3.8) is 0 Å². The molecule has 0 saturated carbocycles. The maximum absolute atomic E-state index is 12.9. The van der Waals surface area contributed by atoms with Gasteiger partial charge in [-0.2, -0.15) is 18.3 Å². The second kappa shape index (κ2) is 11.1. The van der Waals surface area contributed by atoms with Crippen LogP contribution in [0.25, 0.3) is 16.9 Å². The standard InChI is InChI=1S/C27H25F3N4O3S/c1-38(36,37)24-14-12-23(13-15-24)34-25(19-7-3-2-4-8-19)18-22(33-34)11-6-16-31-26(35)32-21-10-5-9-20(17-21)27(28,29)30/h2-5,7-10,12-15,17-18H,6,11,16H2,1H3,(H2,31,32,35). The van der Waals surface area contributed by atoms with Crippen molar-refractivity contribution in [3.05, 3.63) is 96.2 Å². The smallest absolute Gasteiger partial charge is 0.338 e. The number of amides is 2. The van der Waals surface area contributed by atoms with E-state index in [1.165, 1.54) is 24.3 Å². The Balaban J connectivity index is 1.42. The zero-order valence-corrected chi connectivity index (χ0v) is 21.2. The molecule has 1 aromatic heterocycles. The number of urea groups is 1. The van der Waals surface area contributed by atoms with Gasteiger partial charge in [-0.25, -0.2) is 17.9 Å². The van der Waals surface area contributed by atoms with Crippen LogP contribution in [0.15, 0.2) is 89.8 Å². The summed E-state index contributed by atoms with van der Waals surface area (Å²) >= 11 is 0. The summed E-state index contributed by atoms with van der Waals surface area (Å²) in [6.07, 6.45) is -2.28. The first-order chi connectivity index (χ1) is 18.0. The zero-order chi connectivity index (χ0) is 27.3. The topological polar surface area (TPSA) is 93.1 Å². The van der Waals surface area contributed by atoms with Crippen molar-refractivity contribution in [1.82, 2.24) is 15.1 Å². The molecule has 0 aliphatic rings. The van der Waals surface area contributed by atoms with Gasteiger partial charge in [0.05, 0.1) is 27.5 Å². The fourth-order valence-corrected chi connectivity index (χ4v) is 4.45. The molecule has 0 unspecified atom stereocenters. The number of nitrogens with zero attached hydrogens (tertiary/aromatic N) is 2. The molecule has 0 bridgehead atoms. The van der Waals surface area contributed by atoms with E-state index in [9.17, 15) is 26.4 Å². The van der Waals surface area contributed by atoms with Gasteiger partial charge >= 0.3 is 12.2 Å². The third-order valence-corrected chi connectivity index (χ3v) is 6.81. The minimum atomic E-state index is -4.49. The van der Waals surface area contributed by atoms with Gasteiger partial charge in [0.1, 0.15) is 0 Å². The largest absolute Gasteiger partial charge is 0.416 e. The number of carbonyl (C=O) groups is 1. The number of hydrogen-bond acceptors (Lipinski definition) is 4. The average Bonchev–Trinajstić information content (AvgIpc) is 3.31. The number of hydrogen-bond donors (Lipinski definition) is 2. The summed E-state index contributed by atoms with van der Waals surface area (Å²) in [6.45, 7) is 0.279. The van der Waals surface area contributed by atoms with Crippen LogP contribution in [0.1, 0.15) is 17.7 Å². The predicted molar refractivity (Wildman–Crippen MR) is 139 cm³/mol. The lowest BCUT2D eigenvalue weighted by molar-refractivity contribution is -0.137. The van der Waals surface area contributed by atoms with Gasteiger partial charge in [0.2, 0.25) is 0 Å². The Morgan fingerprint density at radius 2 is 1.66 bits per heavy atom. The molecule has 2 amide bonds. The van der Waals surface area contributed by atoms with Gasteiger partial charge in [-0.05, 0) is 61.4 Å². The Kier molecular flexibility index (Phi) is 7.86. The molecule has 4 aromatic rings. The number of anilines is 1. The molecule has 2 N–H and O–H groups in total. The Hall–Kier alpha value is -4.12. The number of nitrogens with one attached hydrogen (secondary N) is 2. The summed E-state index contributed by atoms with van der Waals surface area (Å²) in [5, 5.41) is 9.75. The first-order valence-corrected chi connectivity index (χ1v) is 13.6. The van der Waals surface area contributed by atoms with Gasteiger partial charge < -0.3 is 10.6 Å². The number of aromatic nitrogens is 2. The number of sulfone groups is 1. The van der Waals surface area contributed by atoms with Gasteiger partial charge in [-0.3, -0.25) is 0 Å². The van der Waals surface area contributed by atoms with Crippen LogP contribution in [-0.4, -0.2) is 37.0 Å². The van der Waals surface area contributed by atoms with Gasteiger partial charge in [0.15, 0.2) is 9.84 Å². The molecule has 7 nitrogen and oxygen atoms in total. The molecule has 38 heavy (non-hydrogen) atoms. The normalized spacial score (nSPS) is 11.8. The van der Waals surface area contributed by atoms with Crippen LogP contribution in [0.4, 0.5) is 23.7 Å². The number of aryl methyl sites for hydroxylation is 1. The molecule has 0 aliphatic heterocycles. The van der Waals surface area contributed by atoms with Crippen molar-refractivity contribution in [2.75, 3.05) is 18.1 Å². The molecule has 4 rings (SSSR count). The third kappa shape index (κ3) is 6.80. The molecule has 3 aromatic carbocycles. The van der Waals surface area contributed by atoms with Gasteiger partial charge in [-0.15, -0.1) is 0 Å². The minimum absolute atomic E-state index is 0.0467. The SMILES string of the molecule is CS(=O)(=O)c1ccc(-n2nc(CCCNC(=O)Nc3cccc(C(F)(F)F)c3)cc2-c2ccccc2)cc1. The Morgan fingerprint density at radius 3 is 2.32 bits per heavy atom. The summed E-state index contributed by atoms with van der Waals surface area (Å²) in [5.74, 6) is 0. The molecule has 0 fully saturated rings. The van der Waals surface area contributed by atoms with Crippen molar-refractivity contribution in [2.45, 2.75) is 23.9 Å². The highest BCUT2D eigenvalue weighted by atomic mass is 32.2. The Bertz CT molecular complexity index is 1520. The minimum Gasteiger partial charge on any atom is -0.338 e. The molecular formula is C27H25F3N4O3S. The van der Waals surface area contributed by atoms with E-state index in [0.29, 0.717) is 18.5 Å². The van der Waals surface area contributed by atoms with Crippen LogP contribution in [0.5, 0.6) is 0 Å². The van der Waals surface area contributed by atoms with E-state index in [-0.39, 0.29) is 17.1 Å². The van der Waals surface area contributed by atoms with Crippen molar-refractivity contribution in [3.8, 4) is 16.9 Å². The monoisotopic (exact) mass is 542 g/mol. The van der Waals surface area contributed by atoms with Crippen molar-refractivity contribution >= 4 is 21.6 Å². The quantitative estimate of drug-likeness (QED) is 0.279. The van der Waals surface area contributed by atoms with E-state index >= 15 is 0 Å². The lowest BCUT2D eigenvalue weighted by Crippen LogP contribution is -2.29. The summed E-state index contributed by atoms with van der Waals surface area (Å²) in [4.78, 5) is 12.4. The molecular weight excluding hydrogens is 517 g/mol. The van der Waals surface area contributed by atoms with Crippen LogP contribution in [-0.2, 0) is 22.4 Å². The Labute approximate surface area is 218 Å². The molecule has 0 radical (unpaired) electrons. The number of benzene rings is 3. The predicted octanol–water partition coefficient (Wildman–Crippen LogP) is 5.72. The highest BCUT2D eigenvalue weighted by Gasteiger charge is 2.30. The molecule has 0 spiro atoms. The van der Waals surface area contributed by atoms with E-state index in [1.807, 2.05) is 36.4 Å². The van der Waals surface area contributed by atoms with E-state index in [2.05, 4.69) is 10.6 Å². The fraction of sp³-hybridized carbons (Fsp3) is 0.185. The molecule has 0 saturated heterocycles. The van der Waals surface area contributed by atoms with E-state index in [1.54, 1.807) is 16.8 Å². The fourth-order valence-electron chi connectivity index (χ4n) is 3.82. The lowest BCUT2D eigenvalue weighted by atomic mass is 10.1. The maximum Gasteiger partial charge on any atom is 0.416 e. The molecule has 0 atom stereocenters. The van der Waals surface area contributed by atoms with Crippen molar-refractivity contribution < 1.29 is 26.4 Å². The summed E-state index contributed by atoms with van der Waals surface area (Å²) in [5.41, 5.74) is 2.41. The van der Waals surface area contributed by atoms with Crippen molar-refractivity contribution in [1.29, 1.82) is 0 Å². The van der Waals surface area contributed by atoms with Crippen LogP contribution in [0, 0.1) is 0 Å². The molecule has 0 aliphatic carbocycles. The molecule has 198 valence electrons. The maximum atomic E-state index is 12.9. The zero-order valence-electron chi connectivity index (χ0n) is 20.4. The Morgan fingerprint density at radius 1 is 0.947 bits per heavy atom. The highest BCUT2D eigenvalue weighted by Crippen LogP contribution is 2.30. The number of alkyl halides is 3. The van der Waals surface area contributed by atoms with Gasteiger partial charge in [-0.1, -0.05) is 36.4 Å². The van der Waals surface area contributed by atoms with Crippen LogP contribution >= 0.6 is 0 Å². The van der Waals surface area contributed by atoms with Crippen LogP contribution in [0.2, 0.25) is 0 Å². The van der Waals surface area contributed by atoms with Crippen molar-refractivity contribution in [2.24, 2.45) is 0 Å². The summed E-state index contributed by atoms with van der Waals surface area (Å²) in [7, 11) is -3.33. The van der Waals surface area contributed by atoms with E-state index in [0.717, 1.165) is 35.3 Å². The van der Waals surface area contributed by atoms with E-state index in [4.69, 9.17) is 5.10 Å². The number of carbonyl (C=O) groups excluding carboxylic acids is 1. The number of halogens is 3. The summed E-state index contributed by atoms with van der Waals surface area (Å²) < 4.78 is 64.0.